The molecule has 0 aromatic carbocycles. The lowest BCUT2D eigenvalue weighted by molar-refractivity contribution is 0.0906. The third kappa shape index (κ3) is 2.15. The molecule has 4 heteroatoms. The molecule has 18 heavy (non-hydrogen) atoms. The van der Waals surface area contributed by atoms with Gasteiger partial charge < -0.3 is 0 Å². The van der Waals surface area contributed by atoms with E-state index < -0.39 is 0 Å². The molecule has 0 amide bonds. The van der Waals surface area contributed by atoms with E-state index in [-0.39, 0.29) is 11.7 Å². The fourth-order valence-electron chi connectivity index (χ4n) is 2.95. The number of carbonyl (C=O) groups is 1. The van der Waals surface area contributed by atoms with Crippen LogP contribution in [0.4, 0.5) is 0 Å². The molecular formula is C14H14N2OS. The largest absolute Gasteiger partial charge is 0.294 e. The molecule has 2 aliphatic rings. The third-order valence-electron chi connectivity index (χ3n) is 3.82. The molecule has 2 fully saturated rings. The van der Waals surface area contributed by atoms with Gasteiger partial charge in [-0.25, -0.2) is 4.98 Å². The van der Waals surface area contributed by atoms with Crippen molar-refractivity contribution in [2.45, 2.75) is 36.2 Å². The summed E-state index contributed by atoms with van der Waals surface area (Å²) in [6.45, 7) is 0. The number of fused-ring (bicyclic) bond motifs is 2. The number of Topliss-reactive ketones (excluding diaryl/α,β-unsaturated/α-hetero) is 1. The molecule has 2 saturated heterocycles. The van der Waals surface area contributed by atoms with E-state index in [1.807, 2.05) is 6.07 Å². The van der Waals surface area contributed by atoms with Gasteiger partial charge in [-0.05, 0) is 37.8 Å². The second-order valence-corrected chi connectivity index (χ2v) is 6.64. The van der Waals surface area contributed by atoms with Crippen molar-refractivity contribution in [1.29, 1.82) is 5.26 Å². The zero-order valence-corrected chi connectivity index (χ0v) is 10.8. The molecule has 3 heterocycles. The molecule has 2 aliphatic heterocycles. The minimum Gasteiger partial charge on any atom is -0.294 e. The summed E-state index contributed by atoms with van der Waals surface area (Å²) in [5.74, 6) is 0.351. The SMILES string of the molecule is N#Cc1cc(C(=O)C2CC3CCC(C2)S3)ccn1. The molecule has 0 radical (unpaired) electrons. The highest BCUT2D eigenvalue weighted by atomic mass is 32.2. The van der Waals surface area contributed by atoms with E-state index in [0.29, 0.717) is 21.8 Å². The van der Waals surface area contributed by atoms with E-state index in [1.54, 1.807) is 18.3 Å². The Morgan fingerprint density at radius 3 is 2.78 bits per heavy atom. The average molecular weight is 258 g/mol. The van der Waals surface area contributed by atoms with E-state index in [2.05, 4.69) is 16.7 Å². The van der Waals surface area contributed by atoms with Gasteiger partial charge in [-0.2, -0.15) is 17.0 Å². The molecule has 0 saturated carbocycles. The van der Waals surface area contributed by atoms with Crippen LogP contribution in [-0.4, -0.2) is 21.3 Å². The molecule has 1 aromatic rings. The minimum atomic E-state index is 0.151. The number of carbonyl (C=O) groups excluding carboxylic acids is 1. The van der Waals surface area contributed by atoms with Crippen LogP contribution in [0.25, 0.3) is 0 Å². The second kappa shape index (κ2) is 4.74. The first-order chi connectivity index (χ1) is 8.76. The van der Waals surface area contributed by atoms with Crippen molar-refractivity contribution in [3.63, 3.8) is 0 Å². The fraction of sp³-hybridized carbons (Fsp3) is 0.500. The van der Waals surface area contributed by atoms with Gasteiger partial charge >= 0.3 is 0 Å². The van der Waals surface area contributed by atoms with Crippen LogP contribution in [-0.2, 0) is 0 Å². The Hall–Kier alpha value is -1.34. The maximum absolute atomic E-state index is 12.4. The van der Waals surface area contributed by atoms with Crippen molar-refractivity contribution in [3.8, 4) is 6.07 Å². The summed E-state index contributed by atoms with van der Waals surface area (Å²) in [4.78, 5) is 16.4. The Bertz CT molecular complexity index is 511. The van der Waals surface area contributed by atoms with Gasteiger partial charge in [-0.1, -0.05) is 0 Å². The first-order valence-corrected chi connectivity index (χ1v) is 7.26. The van der Waals surface area contributed by atoms with Gasteiger partial charge in [0.15, 0.2) is 5.78 Å². The fourth-order valence-corrected chi connectivity index (χ4v) is 4.73. The van der Waals surface area contributed by atoms with Crippen LogP contribution in [0.5, 0.6) is 0 Å². The quantitative estimate of drug-likeness (QED) is 0.765. The number of ketones is 1. The molecule has 3 nitrogen and oxygen atoms in total. The van der Waals surface area contributed by atoms with Gasteiger partial charge in [0, 0.05) is 28.2 Å². The lowest BCUT2D eigenvalue weighted by Crippen LogP contribution is -2.24. The van der Waals surface area contributed by atoms with Gasteiger partial charge in [-0.15, -0.1) is 0 Å². The number of aromatic nitrogens is 1. The Morgan fingerprint density at radius 2 is 2.11 bits per heavy atom. The van der Waals surface area contributed by atoms with Crippen LogP contribution < -0.4 is 0 Å². The summed E-state index contributed by atoms with van der Waals surface area (Å²) in [5, 5.41) is 10.2. The topological polar surface area (TPSA) is 53.8 Å². The summed E-state index contributed by atoms with van der Waals surface area (Å²) in [5.41, 5.74) is 0.979. The van der Waals surface area contributed by atoms with E-state index in [0.717, 1.165) is 12.8 Å². The normalized spacial score (nSPS) is 29.8. The lowest BCUT2D eigenvalue weighted by atomic mass is 9.90. The highest BCUT2D eigenvalue weighted by Gasteiger charge is 2.37. The number of rotatable bonds is 2. The van der Waals surface area contributed by atoms with E-state index in [1.165, 1.54) is 12.8 Å². The van der Waals surface area contributed by atoms with Crippen molar-refractivity contribution in [1.82, 2.24) is 4.98 Å². The predicted octanol–water partition coefficient (Wildman–Crippen LogP) is 2.81. The monoisotopic (exact) mass is 258 g/mol. The summed E-state index contributed by atoms with van der Waals surface area (Å²) >= 11 is 2.06. The second-order valence-electron chi connectivity index (χ2n) is 5.03. The third-order valence-corrected chi connectivity index (χ3v) is 5.45. The highest BCUT2D eigenvalue weighted by molar-refractivity contribution is 8.00. The average Bonchev–Trinajstić information content (AvgIpc) is 2.76. The highest BCUT2D eigenvalue weighted by Crippen LogP contribution is 2.46. The Labute approximate surface area is 111 Å². The van der Waals surface area contributed by atoms with Crippen LogP contribution in [0.2, 0.25) is 0 Å². The van der Waals surface area contributed by atoms with E-state index in [4.69, 9.17) is 5.26 Å². The van der Waals surface area contributed by atoms with Crippen molar-refractivity contribution in [2.24, 2.45) is 5.92 Å². The summed E-state index contributed by atoms with van der Waals surface area (Å²) in [6, 6.07) is 5.33. The van der Waals surface area contributed by atoms with Gasteiger partial charge in [0.2, 0.25) is 0 Å². The van der Waals surface area contributed by atoms with Crippen LogP contribution >= 0.6 is 11.8 Å². The van der Waals surface area contributed by atoms with Crippen molar-refractivity contribution < 1.29 is 4.79 Å². The molecule has 0 N–H and O–H groups in total. The maximum atomic E-state index is 12.4. The molecule has 1 aromatic heterocycles. The molecule has 0 spiro atoms. The van der Waals surface area contributed by atoms with Crippen LogP contribution in [0.3, 0.4) is 0 Å². The Kier molecular flexibility index (Phi) is 3.09. The van der Waals surface area contributed by atoms with Gasteiger partial charge in [0.05, 0.1) is 0 Å². The summed E-state index contributed by atoms with van der Waals surface area (Å²) in [7, 11) is 0. The molecule has 2 bridgehead atoms. The zero-order valence-electron chi connectivity index (χ0n) is 10.0. The lowest BCUT2D eigenvalue weighted by Gasteiger charge is -2.26. The number of nitrogens with zero attached hydrogens (tertiary/aromatic N) is 2. The van der Waals surface area contributed by atoms with Crippen LogP contribution in [0.1, 0.15) is 41.7 Å². The molecule has 3 rings (SSSR count). The number of thioether (sulfide) groups is 1. The summed E-state index contributed by atoms with van der Waals surface area (Å²) < 4.78 is 0. The molecule has 0 aliphatic carbocycles. The van der Waals surface area contributed by atoms with Gasteiger partial charge in [0.1, 0.15) is 11.8 Å². The van der Waals surface area contributed by atoms with E-state index in [9.17, 15) is 4.79 Å². The standard InChI is InChI=1S/C14H14N2OS/c15-8-11-5-9(3-4-16-11)14(17)10-6-12-1-2-13(7-10)18-12/h3-5,10,12-13H,1-2,6-7H2. The number of hydrogen-bond acceptors (Lipinski definition) is 4. The van der Waals surface area contributed by atoms with Gasteiger partial charge in [0.25, 0.3) is 0 Å². The van der Waals surface area contributed by atoms with Crippen LogP contribution in [0, 0.1) is 17.2 Å². The summed E-state index contributed by atoms with van der Waals surface area (Å²) in [6.07, 6.45) is 6.09. The smallest absolute Gasteiger partial charge is 0.166 e. The molecule has 92 valence electrons. The molecular weight excluding hydrogens is 244 g/mol. The predicted molar refractivity (Wildman–Crippen MR) is 70.4 cm³/mol. The minimum absolute atomic E-state index is 0.151. The number of pyridine rings is 1. The maximum Gasteiger partial charge on any atom is 0.166 e. The van der Waals surface area contributed by atoms with E-state index >= 15 is 0 Å². The number of nitriles is 1. The first-order valence-electron chi connectivity index (χ1n) is 6.32. The van der Waals surface area contributed by atoms with Crippen molar-refractivity contribution in [2.75, 3.05) is 0 Å². The molecule has 2 unspecified atom stereocenters. The molecule has 2 atom stereocenters. The first kappa shape index (κ1) is 11.7. The zero-order chi connectivity index (χ0) is 12.5. The van der Waals surface area contributed by atoms with Crippen LogP contribution in [0.15, 0.2) is 18.3 Å². The van der Waals surface area contributed by atoms with Crippen molar-refractivity contribution in [3.05, 3.63) is 29.6 Å². The number of hydrogen-bond donors (Lipinski definition) is 0. The van der Waals surface area contributed by atoms with Crippen molar-refractivity contribution >= 4 is 17.5 Å². The Balaban J connectivity index is 1.80. The Morgan fingerprint density at radius 1 is 1.39 bits per heavy atom. The van der Waals surface area contributed by atoms with Gasteiger partial charge in [-0.3, -0.25) is 4.79 Å².